The first-order valence-corrected chi connectivity index (χ1v) is 8.62. The molecule has 0 aromatic heterocycles. The molecule has 1 atom stereocenters. The molecule has 0 heterocycles. The van der Waals surface area contributed by atoms with Gasteiger partial charge in [0.25, 0.3) is 5.91 Å². The summed E-state index contributed by atoms with van der Waals surface area (Å²) in [5, 5.41) is 13.8. The maximum Gasteiger partial charge on any atom is 0.313 e. The van der Waals surface area contributed by atoms with Crippen molar-refractivity contribution in [1.82, 2.24) is 10.2 Å². The van der Waals surface area contributed by atoms with E-state index in [-0.39, 0.29) is 24.1 Å². The number of carbonyl (C=O) groups is 3. The molecule has 0 saturated heterocycles. The average molecular weight is 386 g/mol. The maximum atomic E-state index is 11.9. The van der Waals surface area contributed by atoms with Gasteiger partial charge < -0.3 is 25.4 Å². The number of rotatable bonds is 8. The van der Waals surface area contributed by atoms with E-state index in [1.165, 1.54) is 18.2 Å². The van der Waals surface area contributed by atoms with Gasteiger partial charge in [-0.1, -0.05) is 11.6 Å². The first kappa shape index (κ1) is 21.7. The Morgan fingerprint density at radius 3 is 2.42 bits per heavy atom. The van der Waals surface area contributed by atoms with Gasteiger partial charge in [-0.05, 0) is 39.0 Å². The van der Waals surface area contributed by atoms with Crippen LogP contribution in [0.3, 0.4) is 0 Å². The van der Waals surface area contributed by atoms with Gasteiger partial charge in [0.2, 0.25) is 0 Å². The molecular formula is C17H24ClN3O5. The summed E-state index contributed by atoms with van der Waals surface area (Å²) in [6.07, 6.45) is 0. The number of halogens is 1. The summed E-state index contributed by atoms with van der Waals surface area (Å²) in [6.45, 7) is 6.08. The first-order chi connectivity index (χ1) is 12.3. The Kier molecular flexibility index (Phi) is 8.87. The summed E-state index contributed by atoms with van der Waals surface area (Å²) in [6, 6.07) is 3.89. The van der Waals surface area contributed by atoms with Crippen LogP contribution in [-0.4, -0.2) is 60.1 Å². The van der Waals surface area contributed by atoms with Crippen molar-refractivity contribution in [1.29, 1.82) is 0 Å². The summed E-state index contributed by atoms with van der Waals surface area (Å²) in [5.41, 5.74) is 0.300. The largest absolute Gasteiger partial charge is 0.482 e. The number of aliphatic hydroxyl groups is 1. The lowest BCUT2D eigenvalue weighted by Crippen LogP contribution is -2.42. The van der Waals surface area contributed by atoms with Gasteiger partial charge in [-0.15, -0.1) is 0 Å². The summed E-state index contributed by atoms with van der Waals surface area (Å²) in [7, 11) is 0. The van der Waals surface area contributed by atoms with Gasteiger partial charge in [-0.25, -0.2) is 0 Å². The third kappa shape index (κ3) is 6.53. The van der Waals surface area contributed by atoms with Crippen molar-refractivity contribution < 1.29 is 24.2 Å². The van der Waals surface area contributed by atoms with Crippen LogP contribution >= 0.6 is 11.6 Å². The Hall–Kier alpha value is -2.32. The van der Waals surface area contributed by atoms with E-state index in [9.17, 15) is 14.4 Å². The van der Waals surface area contributed by atoms with Gasteiger partial charge in [0.05, 0.1) is 11.6 Å². The molecule has 3 N–H and O–H groups in total. The second kappa shape index (κ2) is 10.6. The third-order valence-electron chi connectivity index (χ3n) is 3.51. The fourth-order valence-corrected chi connectivity index (χ4v) is 2.26. The minimum absolute atomic E-state index is 0.144. The van der Waals surface area contributed by atoms with Gasteiger partial charge in [0.15, 0.2) is 6.61 Å². The van der Waals surface area contributed by atoms with Crippen LogP contribution in [0.2, 0.25) is 5.02 Å². The van der Waals surface area contributed by atoms with Gasteiger partial charge in [-0.2, -0.15) is 0 Å². The number of ether oxygens (including phenoxy) is 1. The number of hydrogen-bond acceptors (Lipinski definition) is 5. The minimum atomic E-state index is -0.883. The Bertz CT molecular complexity index is 649. The molecular weight excluding hydrogens is 362 g/mol. The van der Waals surface area contributed by atoms with Gasteiger partial charge in [-0.3, -0.25) is 14.4 Å². The second-order valence-corrected chi connectivity index (χ2v) is 5.92. The molecule has 1 rings (SSSR count). The summed E-state index contributed by atoms with van der Waals surface area (Å²) in [5.74, 6) is -1.61. The van der Waals surface area contributed by atoms with Crippen molar-refractivity contribution >= 4 is 35.0 Å². The Morgan fingerprint density at radius 2 is 1.88 bits per heavy atom. The van der Waals surface area contributed by atoms with E-state index in [1.54, 1.807) is 11.8 Å². The zero-order chi connectivity index (χ0) is 19.7. The molecule has 0 bridgehead atoms. The molecule has 3 amide bonds. The van der Waals surface area contributed by atoms with E-state index >= 15 is 0 Å². The average Bonchev–Trinajstić information content (AvgIpc) is 2.61. The quantitative estimate of drug-likeness (QED) is 0.579. The predicted octanol–water partition coefficient (Wildman–Crippen LogP) is 1.02. The van der Waals surface area contributed by atoms with Crippen LogP contribution in [0.5, 0.6) is 5.75 Å². The van der Waals surface area contributed by atoms with E-state index in [1.807, 2.05) is 13.8 Å². The van der Waals surface area contributed by atoms with Gasteiger partial charge >= 0.3 is 11.8 Å². The van der Waals surface area contributed by atoms with Crippen LogP contribution in [0.15, 0.2) is 18.2 Å². The number of carbonyl (C=O) groups excluding carboxylic acids is 3. The number of nitrogens with zero attached hydrogens (tertiary/aromatic N) is 1. The van der Waals surface area contributed by atoms with Crippen LogP contribution in [-0.2, 0) is 14.4 Å². The number of anilines is 1. The normalized spacial score (nSPS) is 11.4. The molecule has 0 aliphatic carbocycles. The molecule has 0 aliphatic rings. The van der Waals surface area contributed by atoms with E-state index in [2.05, 4.69) is 10.6 Å². The third-order valence-corrected chi connectivity index (χ3v) is 3.81. The molecule has 0 spiro atoms. The number of likely N-dealkylation sites (N-methyl/N-ethyl adjacent to an activating group) is 1. The lowest BCUT2D eigenvalue weighted by molar-refractivity contribution is -0.136. The summed E-state index contributed by atoms with van der Waals surface area (Å²) < 4.78 is 5.41. The zero-order valence-electron chi connectivity index (χ0n) is 15.0. The monoisotopic (exact) mass is 385 g/mol. The Balaban J connectivity index is 2.65. The number of amides is 3. The van der Waals surface area contributed by atoms with E-state index in [4.69, 9.17) is 21.4 Å². The molecule has 1 aromatic rings. The Morgan fingerprint density at radius 1 is 1.23 bits per heavy atom. The van der Waals surface area contributed by atoms with E-state index < -0.39 is 17.9 Å². The van der Waals surface area contributed by atoms with Crippen LogP contribution in [0.4, 0.5) is 5.69 Å². The van der Waals surface area contributed by atoms with Crippen LogP contribution < -0.4 is 15.4 Å². The van der Waals surface area contributed by atoms with Crippen LogP contribution in [0.25, 0.3) is 0 Å². The van der Waals surface area contributed by atoms with Crippen LogP contribution in [0.1, 0.15) is 20.8 Å². The van der Waals surface area contributed by atoms with Crippen molar-refractivity contribution in [3.63, 3.8) is 0 Å². The maximum absolute atomic E-state index is 11.9. The lowest BCUT2D eigenvalue weighted by Gasteiger charge is -2.19. The smallest absolute Gasteiger partial charge is 0.313 e. The van der Waals surface area contributed by atoms with Crippen molar-refractivity contribution in [2.24, 2.45) is 0 Å². The van der Waals surface area contributed by atoms with Crippen molar-refractivity contribution in [3.05, 3.63) is 23.2 Å². The molecule has 0 saturated carbocycles. The minimum Gasteiger partial charge on any atom is -0.482 e. The van der Waals surface area contributed by atoms with Crippen LogP contribution in [0, 0.1) is 0 Å². The topological polar surface area (TPSA) is 108 Å². The molecule has 26 heavy (non-hydrogen) atoms. The fraction of sp³-hybridized carbons (Fsp3) is 0.471. The highest BCUT2D eigenvalue weighted by atomic mass is 35.5. The molecule has 9 heteroatoms. The number of benzene rings is 1. The van der Waals surface area contributed by atoms with Gasteiger partial charge in [0, 0.05) is 24.8 Å². The first-order valence-electron chi connectivity index (χ1n) is 8.25. The fourth-order valence-electron chi connectivity index (χ4n) is 2.03. The zero-order valence-corrected chi connectivity index (χ0v) is 15.8. The number of hydrogen-bond donors (Lipinski definition) is 3. The lowest BCUT2D eigenvalue weighted by atomic mass is 10.3. The van der Waals surface area contributed by atoms with Gasteiger partial charge in [0.1, 0.15) is 5.75 Å². The summed E-state index contributed by atoms with van der Waals surface area (Å²) in [4.78, 5) is 37.0. The molecule has 0 fully saturated rings. The molecule has 144 valence electrons. The number of aliphatic hydroxyl groups excluding tert-OH is 1. The highest BCUT2D eigenvalue weighted by Gasteiger charge is 2.17. The standard InChI is InChI=1S/C17H24ClN3O5/c1-4-21(5-2)15(23)10-26-14-7-6-12(8-13(14)18)20-17(25)16(24)19-11(3)9-22/h6-8,11,22H,4-5,9-10H2,1-3H3,(H,19,24)(H,20,25). The number of nitrogens with one attached hydrogen (secondary N) is 2. The van der Waals surface area contributed by atoms with E-state index in [0.717, 1.165) is 0 Å². The highest BCUT2D eigenvalue weighted by Crippen LogP contribution is 2.27. The molecule has 0 radical (unpaired) electrons. The van der Waals surface area contributed by atoms with Crippen molar-refractivity contribution in [2.45, 2.75) is 26.8 Å². The molecule has 8 nitrogen and oxygen atoms in total. The van der Waals surface area contributed by atoms with E-state index in [0.29, 0.717) is 24.5 Å². The SMILES string of the molecule is CCN(CC)C(=O)COc1ccc(NC(=O)C(=O)NC(C)CO)cc1Cl. The molecule has 1 unspecified atom stereocenters. The van der Waals surface area contributed by atoms with Crippen molar-refractivity contribution in [2.75, 3.05) is 31.6 Å². The highest BCUT2D eigenvalue weighted by molar-refractivity contribution is 6.40. The summed E-state index contributed by atoms with van der Waals surface area (Å²) >= 11 is 6.10. The Labute approximate surface area is 157 Å². The predicted molar refractivity (Wildman–Crippen MR) is 98.2 cm³/mol. The second-order valence-electron chi connectivity index (χ2n) is 5.51. The molecule has 1 aromatic carbocycles. The molecule has 0 aliphatic heterocycles. The van der Waals surface area contributed by atoms with Crippen molar-refractivity contribution in [3.8, 4) is 5.75 Å².